The van der Waals surface area contributed by atoms with Gasteiger partial charge in [-0.25, -0.2) is 4.98 Å². The molecule has 5 nitrogen and oxygen atoms in total. The first-order chi connectivity index (χ1) is 10.1. The maximum atomic E-state index is 12.1. The lowest BCUT2D eigenvalue weighted by Gasteiger charge is -2.05. The first-order valence-electron chi connectivity index (χ1n) is 6.69. The van der Waals surface area contributed by atoms with E-state index >= 15 is 0 Å². The number of hydrogen-bond acceptors (Lipinski definition) is 3. The average Bonchev–Trinajstić information content (AvgIpc) is 2.78. The molecular formula is C16H16N4O. The minimum Gasteiger partial charge on any atom is -0.399 e. The van der Waals surface area contributed by atoms with Gasteiger partial charge in [0.15, 0.2) is 0 Å². The summed E-state index contributed by atoms with van der Waals surface area (Å²) in [6.45, 7) is 0. The van der Waals surface area contributed by atoms with Crippen LogP contribution < -0.4 is 11.1 Å². The molecule has 1 heterocycles. The third-order valence-corrected chi connectivity index (χ3v) is 3.38. The number of nitrogens with zero attached hydrogens (tertiary/aromatic N) is 2. The molecule has 5 heteroatoms. The molecule has 0 atom stereocenters. The van der Waals surface area contributed by atoms with Gasteiger partial charge in [-0.2, -0.15) is 0 Å². The van der Waals surface area contributed by atoms with Crippen molar-refractivity contribution in [2.24, 2.45) is 7.05 Å². The van der Waals surface area contributed by atoms with E-state index in [-0.39, 0.29) is 5.91 Å². The SMILES string of the molecule is Cn1c(NC(=O)Cc2ccc(N)cc2)nc2ccccc21. The van der Waals surface area contributed by atoms with Gasteiger partial charge < -0.3 is 10.3 Å². The van der Waals surface area contributed by atoms with Crippen LogP contribution in [-0.4, -0.2) is 15.5 Å². The fourth-order valence-electron chi connectivity index (χ4n) is 2.25. The highest BCUT2D eigenvalue weighted by molar-refractivity contribution is 5.92. The van der Waals surface area contributed by atoms with E-state index < -0.39 is 0 Å². The second kappa shape index (κ2) is 5.28. The molecule has 106 valence electrons. The van der Waals surface area contributed by atoms with E-state index in [1.165, 1.54) is 0 Å². The first kappa shape index (κ1) is 13.2. The van der Waals surface area contributed by atoms with Crippen molar-refractivity contribution in [1.82, 2.24) is 9.55 Å². The Hall–Kier alpha value is -2.82. The van der Waals surface area contributed by atoms with Crippen molar-refractivity contribution < 1.29 is 4.79 Å². The van der Waals surface area contributed by atoms with Gasteiger partial charge in [0.05, 0.1) is 17.5 Å². The number of aryl methyl sites for hydroxylation is 1. The van der Waals surface area contributed by atoms with Crippen molar-refractivity contribution in [1.29, 1.82) is 0 Å². The predicted octanol–water partition coefficient (Wildman–Crippen LogP) is 2.34. The number of carbonyl (C=O) groups excluding carboxylic acids is 1. The molecule has 3 aromatic rings. The van der Waals surface area contributed by atoms with E-state index in [0.29, 0.717) is 18.1 Å². The molecule has 21 heavy (non-hydrogen) atoms. The summed E-state index contributed by atoms with van der Waals surface area (Å²) in [6.07, 6.45) is 0.295. The highest BCUT2D eigenvalue weighted by Gasteiger charge is 2.10. The molecule has 0 radical (unpaired) electrons. The number of nitrogens with two attached hydrogens (primary N) is 1. The van der Waals surface area contributed by atoms with E-state index in [1.54, 1.807) is 12.1 Å². The normalized spacial score (nSPS) is 10.7. The Balaban J connectivity index is 1.77. The molecule has 1 aromatic heterocycles. The van der Waals surface area contributed by atoms with Crippen LogP contribution in [0.1, 0.15) is 5.56 Å². The molecule has 0 aliphatic rings. The van der Waals surface area contributed by atoms with Gasteiger partial charge in [-0.15, -0.1) is 0 Å². The van der Waals surface area contributed by atoms with Crippen molar-refractivity contribution in [3.63, 3.8) is 0 Å². The Morgan fingerprint density at radius 2 is 1.90 bits per heavy atom. The topological polar surface area (TPSA) is 72.9 Å². The quantitative estimate of drug-likeness (QED) is 0.723. The summed E-state index contributed by atoms with van der Waals surface area (Å²) in [6, 6.07) is 15.0. The summed E-state index contributed by atoms with van der Waals surface area (Å²) in [7, 11) is 1.88. The summed E-state index contributed by atoms with van der Waals surface area (Å²) in [4.78, 5) is 16.5. The lowest BCUT2D eigenvalue weighted by molar-refractivity contribution is -0.115. The fraction of sp³-hybridized carbons (Fsp3) is 0.125. The number of benzene rings is 2. The maximum Gasteiger partial charge on any atom is 0.231 e. The first-order valence-corrected chi connectivity index (χ1v) is 6.69. The molecule has 0 saturated heterocycles. The van der Waals surface area contributed by atoms with Crippen LogP contribution >= 0.6 is 0 Å². The number of aromatic nitrogens is 2. The van der Waals surface area contributed by atoms with Gasteiger partial charge in [0.25, 0.3) is 0 Å². The van der Waals surface area contributed by atoms with E-state index in [0.717, 1.165) is 16.6 Å². The molecule has 0 aliphatic carbocycles. The summed E-state index contributed by atoms with van der Waals surface area (Å²) in [5.41, 5.74) is 9.09. The summed E-state index contributed by atoms with van der Waals surface area (Å²) >= 11 is 0. The van der Waals surface area contributed by atoms with Gasteiger partial charge in [-0.05, 0) is 29.8 Å². The van der Waals surface area contributed by atoms with E-state index in [1.807, 2.05) is 48.0 Å². The molecule has 0 fully saturated rings. The van der Waals surface area contributed by atoms with Crippen molar-refractivity contribution in [3.8, 4) is 0 Å². The molecule has 2 aromatic carbocycles. The second-order valence-electron chi connectivity index (χ2n) is 4.95. The van der Waals surface area contributed by atoms with Crippen LogP contribution in [0.5, 0.6) is 0 Å². The van der Waals surface area contributed by atoms with Crippen molar-refractivity contribution >= 4 is 28.6 Å². The van der Waals surface area contributed by atoms with Gasteiger partial charge in [-0.3, -0.25) is 10.1 Å². The number of fused-ring (bicyclic) bond motifs is 1. The Bertz CT molecular complexity index is 790. The summed E-state index contributed by atoms with van der Waals surface area (Å²) in [5, 5.41) is 2.84. The number of hydrogen-bond donors (Lipinski definition) is 2. The van der Waals surface area contributed by atoms with Gasteiger partial charge in [0.1, 0.15) is 0 Å². The zero-order valence-electron chi connectivity index (χ0n) is 11.7. The van der Waals surface area contributed by atoms with Crippen molar-refractivity contribution in [3.05, 3.63) is 54.1 Å². The number of nitrogen functional groups attached to an aromatic ring is 1. The number of amides is 1. The molecule has 3 rings (SSSR count). The van der Waals surface area contributed by atoms with Gasteiger partial charge in [0, 0.05) is 12.7 Å². The highest BCUT2D eigenvalue weighted by Crippen LogP contribution is 2.17. The summed E-state index contributed by atoms with van der Waals surface area (Å²) in [5.74, 6) is 0.454. The Labute approximate surface area is 122 Å². The van der Waals surface area contributed by atoms with E-state index in [9.17, 15) is 4.79 Å². The molecule has 3 N–H and O–H groups in total. The van der Waals surface area contributed by atoms with E-state index in [4.69, 9.17) is 5.73 Å². The Kier molecular flexibility index (Phi) is 3.31. The maximum absolute atomic E-state index is 12.1. The van der Waals surface area contributed by atoms with Gasteiger partial charge in [-0.1, -0.05) is 24.3 Å². The molecule has 1 amide bonds. The third kappa shape index (κ3) is 2.72. The number of nitrogens with one attached hydrogen (secondary N) is 1. The lowest BCUT2D eigenvalue weighted by atomic mass is 10.1. The molecular weight excluding hydrogens is 264 g/mol. The third-order valence-electron chi connectivity index (χ3n) is 3.38. The smallest absolute Gasteiger partial charge is 0.231 e. The number of rotatable bonds is 3. The van der Waals surface area contributed by atoms with E-state index in [2.05, 4.69) is 10.3 Å². The number of anilines is 2. The fourth-order valence-corrected chi connectivity index (χ4v) is 2.25. The second-order valence-corrected chi connectivity index (χ2v) is 4.95. The largest absolute Gasteiger partial charge is 0.399 e. The van der Waals surface area contributed by atoms with Crippen LogP contribution in [0.3, 0.4) is 0 Å². The van der Waals surface area contributed by atoms with Crippen LogP contribution in [0.4, 0.5) is 11.6 Å². The molecule has 0 saturated carbocycles. The Morgan fingerprint density at radius 3 is 2.62 bits per heavy atom. The molecule has 0 aliphatic heterocycles. The zero-order valence-corrected chi connectivity index (χ0v) is 11.7. The molecule has 0 bridgehead atoms. The lowest BCUT2D eigenvalue weighted by Crippen LogP contribution is -2.17. The highest BCUT2D eigenvalue weighted by atomic mass is 16.1. The predicted molar refractivity (Wildman–Crippen MR) is 83.9 cm³/mol. The average molecular weight is 280 g/mol. The number of carbonyl (C=O) groups is 1. The van der Waals surface area contributed by atoms with Gasteiger partial charge >= 0.3 is 0 Å². The van der Waals surface area contributed by atoms with Crippen molar-refractivity contribution in [2.75, 3.05) is 11.1 Å². The minimum atomic E-state index is -0.0989. The number of para-hydroxylation sites is 2. The molecule has 0 spiro atoms. The van der Waals surface area contributed by atoms with Crippen LogP contribution in [0.15, 0.2) is 48.5 Å². The zero-order chi connectivity index (χ0) is 14.8. The van der Waals surface area contributed by atoms with Gasteiger partial charge in [0.2, 0.25) is 11.9 Å². The number of imidazole rings is 1. The van der Waals surface area contributed by atoms with Crippen LogP contribution in [-0.2, 0) is 18.3 Å². The van der Waals surface area contributed by atoms with Crippen LogP contribution in [0.25, 0.3) is 11.0 Å². The summed E-state index contributed by atoms with van der Waals surface area (Å²) < 4.78 is 1.87. The standard InChI is InChI=1S/C16H16N4O/c1-20-14-5-3-2-4-13(14)18-16(20)19-15(21)10-11-6-8-12(17)9-7-11/h2-9H,10,17H2,1H3,(H,18,19,21). The minimum absolute atomic E-state index is 0.0989. The van der Waals surface area contributed by atoms with Crippen LogP contribution in [0, 0.1) is 0 Å². The molecule has 0 unspecified atom stereocenters. The van der Waals surface area contributed by atoms with Crippen molar-refractivity contribution in [2.45, 2.75) is 6.42 Å². The Morgan fingerprint density at radius 1 is 1.19 bits per heavy atom. The monoisotopic (exact) mass is 280 g/mol. The van der Waals surface area contributed by atoms with Crippen LogP contribution in [0.2, 0.25) is 0 Å².